The molecule has 1 amide bonds. The molecule has 0 saturated heterocycles. The molecule has 1 atom stereocenters. The van der Waals surface area contributed by atoms with Gasteiger partial charge >= 0.3 is 0 Å². The SMILES string of the molecule is CC(C(=O)NCc1cn(C)nc1-c1ccccc1)S(C)(=O)=O. The Hall–Kier alpha value is -2.15. The van der Waals surface area contributed by atoms with Crippen molar-refractivity contribution < 1.29 is 13.2 Å². The number of sulfone groups is 1. The Labute approximate surface area is 130 Å². The van der Waals surface area contributed by atoms with Crippen LogP contribution in [0.2, 0.25) is 0 Å². The van der Waals surface area contributed by atoms with E-state index in [2.05, 4.69) is 10.4 Å². The van der Waals surface area contributed by atoms with E-state index in [1.165, 1.54) is 6.92 Å². The summed E-state index contributed by atoms with van der Waals surface area (Å²) in [7, 11) is -1.59. The number of hydrogen-bond acceptors (Lipinski definition) is 4. The van der Waals surface area contributed by atoms with Crippen LogP contribution in [0, 0.1) is 0 Å². The first kappa shape index (κ1) is 16.2. The maximum Gasteiger partial charge on any atom is 0.238 e. The van der Waals surface area contributed by atoms with Crippen LogP contribution in [0.3, 0.4) is 0 Å². The van der Waals surface area contributed by atoms with Gasteiger partial charge in [0.2, 0.25) is 5.91 Å². The van der Waals surface area contributed by atoms with Gasteiger partial charge in [0.15, 0.2) is 9.84 Å². The number of aromatic nitrogens is 2. The number of amides is 1. The summed E-state index contributed by atoms with van der Waals surface area (Å²) in [6.45, 7) is 1.61. The summed E-state index contributed by atoms with van der Waals surface area (Å²) in [4.78, 5) is 11.9. The molecule has 1 aromatic carbocycles. The highest BCUT2D eigenvalue weighted by Gasteiger charge is 2.23. The van der Waals surface area contributed by atoms with Gasteiger partial charge in [0, 0.05) is 37.2 Å². The largest absolute Gasteiger partial charge is 0.351 e. The number of benzene rings is 1. The molecule has 118 valence electrons. The quantitative estimate of drug-likeness (QED) is 0.895. The van der Waals surface area contributed by atoms with Gasteiger partial charge in [0.25, 0.3) is 0 Å². The summed E-state index contributed by atoms with van der Waals surface area (Å²) in [5.74, 6) is -0.509. The summed E-state index contributed by atoms with van der Waals surface area (Å²) in [6.07, 6.45) is 2.87. The first-order chi connectivity index (χ1) is 10.3. The zero-order valence-corrected chi connectivity index (χ0v) is 13.6. The molecule has 1 aromatic heterocycles. The van der Waals surface area contributed by atoms with Crippen LogP contribution in [0.5, 0.6) is 0 Å². The Kier molecular flexibility index (Phi) is 4.65. The number of hydrogen-bond donors (Lipinski definition) is 1. The fraction of sp³-hybridized carbons (Fsp3) is 0.333. The summed E-state index contributed by atoms with van der Waals surface area (Å²) >= 11 is 0. The van der Waals surface area contributed by atoms with E-state index in [-0.39, 0.29) is 6.54 Å². The number of carbonyl (C=O) groups is 1. The van der Waals surface area contributed by atoms with Crippen LogP contribution in [0.15, 0.2) is 36.5 Å². The lowest BCUT2D eigenvalue weighted by Gasteiger charge is -2.10. The highest BCUT2D eigenvalue weighted by atomic mass is 32.2. The molecule has 2 aromatic rings. The lowest BCUT2D eigenvalue weighted by molar-refractivity contribution is -0.120. The van der Waals surface area contributed by atoms with E-state index < -0.39 is 21.0 Å². The van der Waals surface area contributed by atoms with Crippen molar-refractivity contribution in [3.8, 4) is 11.3 Å². The predicted octanol–water partition coefficient (Wildman–Crippen LogP) is 1.14. The van der Waals surface area contributed by atoms with E-state index in [0.717, 1.165) is 23.1 Å². The fourth-order valence-electron chi connectivity index (χ4n) is 2.03. The van der Waals surface area contributed by atoms with Crippen LogP contribution < -0.4 is 5.32 Å². The molecular weight excluding hydrogens is 302 g/mol. The molecule has 0 aliphatic carbocycles. The second-order valence-corrected chi connectivity index (χ2v) is 7.60. The lowest BCUT2D eigenvalue weighted by Crippen LogP contribution is -2.37. The van der Waals surface area contributed by atoms with Gasteiger partial charge in [-0.25, -0.2) is 8.42 Å². The van der Waals surface area contributed by atoms with Crippen molar-refractivity contribution in [1.29, 1.82) is 0 Å². The van der Waals surface area contributed by atoms with Crippen LogP contribution in [0.4, 0.5) is 0 Å². The Balaban J connectivity index is 2.16. The summed E-state index contributed by atoms with van der Waals surface area (Å²) < 4.78 is 24.5. The second-order valence-electron chi connectivity index (χ2n) is 5.23. The Morgan fingerprint density at radius 1 is 1.32 bits per heavy atom. The van der Waals surface area contributed by atoms with Crippen molar-refractivity contribution in [2.75, 3.05) is 6.26 Å². The minimum Gasteiger partial charge on any atom is -0.351 e. The van der Waals surface area contributed by atoms with Crippen molar-refractivity contribution >= 4 is 15.7 Å². The molecule has 2 rings (SSSR count). The number of nitrogens with zero attached hydrogens (tertiary/aromatic N) is 2. The Bertz CT molecular complexity index is 767. The Morgan fingerprint density at radius 2 is 1.95 bits per heavy atom. The number of aryl methyl sites for hydroxylation is 1. The van der Waals surface area contributed by atoms with Gasteiger partial charge in [-0.1, -0.05) is 30.3 Å². The molecule has 0 aliphatic rings. The average molecular weight is 321 g/mol. The molecule has 0 aliphatic heterocycles. The van der Waals surface area contributed by atoms with E-state index in [1.54, 1.807) is 11.7 Å². The first-order valence-electron chi connectivity index (χ1n) is 6.83. The minimum absolute atomic E-state index is 0.233. The topological polar surface area (TPSA) is 81.1 Å². The third kappa shape index (κ3) is 3.73. The van der Waals surface area contributed by atoms with Gasteiger partial charge in [-0.3, -0.25) is 9.48 Å². The molecule has 0 fully saturated rings. The molecule has 1 N–H and O–H groups in total. The van der Waals surface area contributed by atoms with Gasteiger partial charge in [-0.2, -0.15) is 5.10 Å². The molecular formula is C15H19N3O3S. The smallest absolute Gasteiger partial charge is 0.238 e. The third-order valence-electron chi connectivity index (χ3n) is 3.42. The van der Waals surface area contributed by atoms with Crippen LogP contribution in [0.25, 0.3) is 11.3 Å². The maximum absolute atomic E-state index is 11.9. The van der Waals surface area contributed by atoms with E-state index >= 15 is 0 Å². The van der Waals surface area contributed by atoms with E-state index in [9.17, 15) is 13.2 Å². The molecule has 6 nitrogen and oxygen atoms in total. The van der Waals surface area contributed by atoms with Crippen LogP contribution in [-0.2, 0) is 28.2 Å². The van der Waals surface area contributed by atoms with Gasteiger partial charge < -0.3 is 5.32 Å². The maximum atomic E-state index is 11.9. The van der Waals surface area contributed by atoms with Crippen molar-refractivity contribution in [3.05, 3.63) is 42.1 Å². The molecule has 22 heavy (non-hydrogen) atoms. The lowest BCUT2D eigenvalue weighted by atomic mass is 10.1. The molecule has 7 heteroatoms. The van der Waals surface area contributed by atoms with Crippen LogP contribution >= 0.6 is 0 Å². The van der Waals surface area contributed by atoms with Gasteiger partial charge in [0.1, 0.15) is 5.25 Å². The van der Waals surface area contributed by atoms with Crippen molar-refractivity contribution in [1.82, 2.24) is 15.1 Å². The summed E-state index contributed by atoms with van der Waals surface area (Å²) in [5.41, 5.74) is 2.56. The predicted molar refractivity (Wildman–Crippen MR) is 84.8 cm³/mol. The van der Waals surface area contributed by atoms with Gasteiger partial charge in [0.05, 0.1) is 5.69 Å². The molecule has 1 heterocycles. The van der Waals surface area contributed by atoms with Crippen molar-refractivity contribution in [2.45, 2.75) is 18.7 Å². The monoisotopic (exact) mass is 321 g/mol. The van der Waals surface area contributed by atoms with Crippen LogP contribution in [0.1, 0.15) is 12.5 Å². The standard InChI is InChI=1S/C15H19N3O3S/c1-11(22(3,20)21)15(19)16-9-13-10-18(2)17-14(13)12-7-5-4-6-8-12/h4-8,10-11H,9H2,1-3H3,(H,16,19). The highest BCUT2D eigenvalue weighted by molar-refractivity contribution is 7.92. The molecule has 0 saturated carbocycles. The number of carbonyl (C=O) groups excluding carboxylic acids is 1. The zero-order chi connectivity index (χ0) is 16.3. The Morgan fingerprint density at radius 3 is 2.55 bits per heavy atom. The summed E-state index contributed by atoms with van der Waals surface area (Å²) in [6, 6.07) is 9.62. The van der Waals surface area contributed by atoms with Gasteiger partial charge in [-0.15, -0.1) is 0 Å². The number of rotatable bonds is 5. The minimum atomic E-state index is -3.40. The molecule has 1 unspecified atom stereocenters. The summed E-state index contributed by atoms with van der Waals surface area (Å²) in [5, 5.41) is 5.99. The van der Waals surface area contributed by atoms with E-state index in [1.807, 2.05) is 36.5 Å². The molecule has 0 radical (unpaired) electrons. The highest BCUT2D eigenvalue weighted by Crippen LogP contribution is 2.21. The van der Waals surface area contributed by atoms with Crippen LogP contribution in [-0.4, -0.2) is 35.6 Å². The van der Waals surface area contributed by atoms with Crippen molar-refractivity contribution in [3.63, 3.8) is 0 Å². The van der Waals surface area contributed by atoms with E-state index in [4.69, 9.17) is 0 Å². The average Bonchev–Trinajstić information content (AvgIpc) is 2.85. The van der Waals surface area contributed by atoms with Crippen molar-refractivity contribution in [2.24, 2.45) is 7.05 Å². The van der Waals surface area contributed by atoms with E-state index in [0.29, 0.717) is 0 Å². The molecule has 0 bridgehead atoms. The third-order valence-corrected chi connectivity index (χ3v) is 4.91. The second kappa shape index (κ2) is 6.31. The fourth-order valence-corrected chi connectivity index (χ4v) is 2.50. The number of nitrogens with one attached hydrogen (secondary N) is 1. The zero-order valence-electron chi connectivity index (χ0n) is 12.8. The first-order valence-corrected chi connectivity index (χ1v) is 8.79. The van der Waals surface area contributed by atoms with Gasteiger partial charge in [-0.05, 0) is 6.92 Å². The normalized spacial score (nSPS) is 12.9. The molecule has 0 spiro atoms.